The van der Waals surface area contributed by atoms with Crippen molar-refractivity contribution in [1.82, 2.24) is 0 Å². The maximum atomic E-state index is 12.6. The average molecular weight is 390 g/mol. The molecule has 1 amide bonds. The lowest BCUT2D eigenvalue weighted by molar-refractivity contribution is 0.101. The third-order valence-corrected chi connectivity index (χ3v) is 3.80. The van der Waals surface area contributed by atoms with Crippen LogP contribution in [0.2, 0.25) is 0 Å². The molecule has 0 bridgehead atoms. The summed E-state index contributed by atoms with van der Waals surface area (Å²) in [6, 6.07) is 12.1. The second-order valence-electron chi connectivity index (χ2n) is 5.93. The predicted octanol–water partition coefficient (Wildman–Crippen LogP) is 4.94. The highest BCUT2D eigenvalue weighted by Crippen LogP contribution is 2.25. The largest absolute Gasteiger partial charge is 0.492 e. The number of carbonyl (C=O) groups excluding carboxylic acids is 2. The van der Waals surface area contributed by atoms with Crippen LogP contribution in [0.15, 0.2) is 46.9 Å². The summed E-state index contributed by atoms with van der Waals surface area (Å²) in [5.74, 6) is 0.642. The molecule has 2 aromatic rings. The van der Waals surface area contributed by atoms with E-state index in [1.165, 1.54) is 6.92 Å². The molecule has 0 unspecified atom stereocenters. The zero-order valence-corrected chi connectivity index (χ0v) is 15.5. The van der Waals surface area contributed by atoms with E-state index in [-0.39, 0.29) is 11.7 Å². The summed E-state index contributed by atoms with van der Waals surface area (Å²) in [5, 5.41) is 2.83. The van der Waals surface area contributed by atoms with Gasteiger partial charge < -0.3 is 10.1 Å². The van der Waals surface area contributed by atoms with Crippen LogP contribution in [0.4, 0.5) is 5.69 Å². The van der Waals surface area contributed by atoms with Gasteiger partial charge in [0.05, 0.1) is 12.2 Å². The van der Waals surface area contributed by atoms with Crippen LogP contribution in [0.1, 0.15) is 41.5 Å². The van der Waals surface area contributed by atoms with Crippen LogP contribution in [0.3, 0.4) is 0 Å². The van der Waals surface area contributed by atoms with E-state index < -0.39 is 0 Å². The van der Waals surface area contributed by atoms with Crippen LogP contribution in [-0.2, 0) is 0 Å². The average Bonchev–Trinajstić information content (AvgIpc) is 2.54. The number of anilines is 1. The summed E-state index contributed by atoms with van der Waals surface area (Å²) in [4.78, 5) is 23.9. The maximum Gasteiger partial charge on any atom is 0.259 e. The van der Waals surface area contributed by atoms with Gasteiger partial charge in [0.2, 0.25) is 0 Å². The first-order valence-electron chi connectivity index (χ1n) is 7.71. The Kier molecular flexibility index (Phi) is 6.15. The lowest BCUT2D eigenvalue weighted by Crippen LogP contribution is -2.15. The minimum absolute atomic E-state index is 0.00996. The van der Waals surface area contributed by atoms with Gasteiger partial charge in [-0.25, -0.2) is 0 Å². The molecule has 4 nitrogen and oxygen atoms in total. The van der Waals surface area contributed by atoms with Crippen LogP contribution in [-0.4, -0.2) is 18.3 Å². The molecule has 0 radical (unpaired) electrons. The van der Waals surface area contributed by atoms with E-state index in [0.717, 1.165) is 4.47 Å². The van der Waals surface area contributed by atoms with Gasteiger partial charge >= 0.3 is 0 Å². The van der Waals surface area contributed by atoms with E-state index in [1.54, 1.807) is 36.4 Å². The zero-order valence-electron chi connectivity index (χ0n) is 13.9. The lowest BCUT2D eigenvalue weighted by Gasteiger charge is -2.14. The predicted molar refractivity (Wildman–Crippen MR) is 98.9 cm³/mol. The van der Waals surface area contributed by atoms with Crippen molar-refractivity contribution in [3.63, 3.8) is 0 Å². The van der Waals surface area contributed by atoms with Gasteiger partial charge in [-0.1, -0.05) is 29.8 Å². The van der Waals surface area contributed by atoms with Gasteiger partial charge in [0.25, 0.3) is 5.91 Å². The normalized spacial score (nSPS) is 10.5. The Labute approximate surface area is 150 Å². The first kappa shape index (κ1) is 18.2. The van der Waals surface area contributed by atoms with Crippen molar-refractivity contribution in [2.75, 3.05) is 11.9 Å². The molecule has 1 N–H and O–H groups in total. The number of nitrogens with one attached hydrogen (secondary N) is 1. The molecular weight excluding hydrogens is 370 g/mol. The van der Waals surface area contributed by atoms with E-state index >= 15 is 0 Å². The summed E-state index contributed by atoms with van der Waals surface area (Å²) in [5.41, 5.74) is 1.69. The topological polar surface area (TPSA) is 55.4 Å². The molecule has 0 saturated carbocycles. The Hall–Kier alpha value is -2.14. The number of hydrogen-bond donors (Lipinski definition) is 1. The van der Waals surface area contributed by atoms with E-state index in [0.29, 0.717) is 35.1 Å². The second-order valence-corrected chi connectivity index (χ2v) is 6.85. The van der Waals surface area contributed by atoms with E-state index in [4.69, 9.17) is 4.74 Å². The first-order chi connectivity index (χ1) is 11.4. The van der Waals surface area contributed by atoms with Gasteiger partial charge in [-0.2, -0.15) is 0 Å². The smallest absolute Gasteiger partial charge is 0.259 e. The zero-order chi connectivity index (χ0) is 17.7. The van der Waals surface area contributed by atoms with Gasteiger partial charge in [-0.15, -0.1) is 0 Å². The molecular formula is C19H20BrNO3. The number of Topliss-reactive ketones (excluding diaryl/α,β-unsaturated/α-hetero) is 1. The Bertz CT molecular complexity index is 739. The molecule has 2 rings (SSSR count). The Morgan fingerprint density at radius 2 is 1.79 bits per heavy atom. The van der Waals surface area contributed by atoms with Crippen molar-refractivity contribution >= 4 is 33.3 Å². The fourth-order valence-corrected chi connectivity index (χ4v) is 2.41. The summed E-state index contributed by atoms with van der Waals surface area (Å²) < 4.78 is 6.54. The highest BCUT2D eigenvalue weighted by Gasteiger charge is 2.14. The Balaban J connectivity index is 2.19. The van der Waals surface area contributed by atoms with Gasteiger partial charge in [0, 0.05) is 15.7 Å². The van der Waals surface area contributed by atoms with Crippen LogP contribution >= 0.6 is 15.9 Å². The van der Waals surface area contributed by atoms with Gasteiger partial charge in [-0.05, 0) is 55.3 Å². The number of carbonyl (C=O) groups is 2. The van der Waals surface area contributed by atoms with Crippen molar-refractivity contribution in [3.05, 3.63) is 58.1 Å². The molecule has 5 heteroatoms. The number of amides is 1. The first-order valence-corrected chi connectivity index (χ1v) is 8.51. The number of halogens is 1. The standard InChI is InChI=1S/C19H20BrNO3/c1-12(2)11-24-18-9-6-15(20)10-17(18)19(23)21-16-7-4-14(5-8-16)13(3)22/h4-10,12H,11H2,1-3H3,(H,21,23). The molecule has 0 heterocycles. The Morgan fingerprint density at radius 1 is 1.12 bits per heavy atom. The van der Waals surface area contributed by atoms with E-state index in [1.807, 2.05) is 6.07 Å². The van der Waals surface area contributed by atoms with Crippen molar-refractivity contribution in [2.45, 2.75) is 20.8 Å². The molecule has 0 aromatic heterocycles. The summed E-state index contributed by atoms with van der Waals surface area (Å²) in [6.45, 7) is 6.15. The highest BCUT2D eigenvalue weighted by atomic mass is 79.9. The number of benzene rings is 2. The molecule has 126 valence electrons. The number of ether oxygens (including phenoxy) is 1. The number of ketones is 1. The van der Waals surface area contributed by atoms with Crippen LogP contribution in [0.25, 0.3) is 0 Å². The van der Waals surface area contributed by atoms with Gasteiger partial charge in [0.1, 0.15) is 5.75 Å². The lowest BCUT2D eigenvalue weighted by atomic mass is 10.1. The highest BCUT2D eigenvalue weighted by molar-refractivity contribution is 9.10. The number of rotatable bonds is 6. The third kappa shape index (κ3) is 4.93. The van der Waals surface area contributed by atoms with Gasteiger partial charge in [0.15, 0.2) is 5.78 Å². The molecule has 0 saturated heterocycles. The SMILES string of the molecule is CC(=O)c1ccc(NC(=O)c2cc(Br)ccc2OCC(C)C)cc1. The minimum Gasteiger partial charge on any atom is -0.492 e. The third-order valence-electron chi connectivity index (χ3n) is 3.31. The number of hydrogen-bond acceptors (Lipinski definition) is 3. The van der Waals surface area contributed by atoms with E-state index in [2.05, 4.69) is 35.1 Å². The molecule has 0 aliphatic carbocycles. The molecule has 0 fully saturated rings. The Morgan fingerprint density at radius 3 is 2.38 bits per heavy atom. The quantitative estimate of drug-likeness (QED) is 0.711. The van der Waals surface area contributed by atoms with Crippen LogP contribution in [0, 0.1) is 5.92 Å². The second kappa shape index (κ2) is 8.11. The molecule has 0 atom stereocenters. The molecule has 2 aromatic carbocycles. The van der Waals surface area contributed by atoms with Gasteiger partial charge in [-0.3, -0.25) is 9.59 Å². The van der Waals surface area contributed by atoms with E-state index in [9.17, 15) is 9.59 Å². The van der Waals surface area contributed by atoms with Crippen molar-refractivity contribution in [2.24, 2.45) is 5.92 Å². The van der Waals surface area contributed by atoms with Crippen molar-refractivity contribution in [1.29, 1.82) is 0 Å². The van der Waals surface area contributed by atoms with Crippen molar-refractivity contribution in [3.8, 4) is 5.75 Å². The fourth-order valence-electron chi connectivity index (χ4n) is 2.05. The fraction of sp³-hybridized carbons (Fsp3) is 0.263. The maximum absolute atomic E-state index is 12.6. The molecule has 24 heavy (non-hydrogen) atoms. The van der Waals surface area contributed by atoms with Crippen molar-refractivity contribution < 1.29 is 14.3 Å². The molecule has 0 spiro atoms. The molecule has 0 aliphatic rings. The van der Waals surface area contributed by atoms with Crippen LogP contribution in [0.5, 0.6) is 5.75 Å². The van der Waals surface area contributed by atoms with Crippen LogP contribution < -0.4 is 10.1 Å². The monoisotopic (exact) mass is 389 g/mol. The summed E-state index contributed by atoms with van der Waals surface area (Å²) in [6.07, 6.45) is 0. The molecule has 0 aliphatic heterocycles. The summed E-state index contributed by atoms with van der Waals surface area (Å²) >= 11 is 3.38. The minimum atomic E-state index is -0.259. The summed E-state index contributed by atoms with van der Waals surface area (Å²) in [7, 11) is 0.